The molecule has 0 spiro atoms. The summed E-state index contributed by atoms with van der Waals surface area (Å²) in [6.07, 6.45) is 0.479. The number of nitrogens with zero attached hydrogens (tertiary/aromatic N) is 1. The molecular weight excluding hydrogens is 292 g/mol. The molecule has 0 saturated carbocycles. The lowest BCUT2D eigenvalue weighted by Gasteiger charge is -2.22. The molecule has 1 heterocycles. The Morgan fingerprint density at radius 3 is 2.71 bits per heavy atom. The lowest BCUT2D eigenvalue weighted by atomic mass is 10.1. The third kappa shape index (κ3) is 3.55. The van der Waals surface area contributed by atoms with Gasteiger partial charge in [-0.2, -0.15) is 12.6 Å². The summed E-state index contributed by atoms with van der Waals surface area (Å²) >= 11 is 4.32. The van der Waals surface area contributed by atoms with Crippen molar-refractivity contribution in [2.75, 3.05) is 11.9 Å². The Labute approximate surface area is 127 Å². The molecular formula is C14H16N2O4S. The van der Waals surface area contributed by atoms with Crippen molar-refractivity contribution in [1.82, 2.24) is 4.90 Å². The van der Waals surface area contributed by atoms with Crippen LogP contribution in [0, 0.1) is 0 Å². The molecule has 1 aliphatic heterocycles. The number of benzene rings is 1. The Hall–Kier alpha value is -2.02. The predicted molar refractivity (Wildman–Crippen MR) is 80.6 cm³/mol. The minimum atomic E-state index is -1.06. The quantitative estimate of drug-likeness (QED) is 0.733. The lowest BCUT2D eigenvalue weighted by Crippen LogP contribution is -2.42. The number of aromatic carboxylic acids is 1. The Balaban J connectivity index is 2.12. The summed E-state index contributed by atoms with van der Waals surface area (Å²) in [7, 11) is 0. The van der Waals surface area contributed by atoms with E-state index in [0.717, 1.165) is 0 Å². The van der Waals surface area contributed by atoms with Crippen molar-refractivity contribution in [3.63, 3.8) is 0 Å². The Morgan fingerprint density at radius 2 is 2.10 bits per heavy atom. The Kier molecular flexibility index (Phi) is 4.52. The van der Waals surface area contributed by atoms with Gasteiger partial charge in [-0.05, 0) is 24.6 Å². The minimum Gasteiger partial charge on any atom is -0.478 e. The van der Waals surface area contributed by atoms with Crippen LogP contribution in [0.5, 0.6) is 0 Å². The fraction of sp³-hybridized carbons (Fsp3) is 0.357. The van der Waals surface area contributed by atoms with Crippen LogP contribution < -0.4 is 5.32 Å². The number of likely N-dealkylation sites (tertiary alicyclic amines) is 1. The third-order valence-electron chi connectivity index (χ3n) is 3.36. The third-order valence-corrected chi connectivity index (χ3v) is 3.74. The average molecular weight is 308 g/mol. The molecule has 1 aromatic carbocycles. The predicted octanol–water partition coefficient (Wildman–Crippen LogP) is 1.24. The topological polar surface area (TPSA) is 86.7 Å². The van der Waals surface area contributed by atoms with Crippen molar-refractivity contribution in [3.05, 3.63) is 29.8 Å². The number of amides is 2. The van der Waals surface area contributed by atoms with E-state index < -0.39 is 12.0 Å². The number of thiol groups is 1. The highest BCUT2D eigenvalue weighted by Gasteiger charge is 2.36. The van der Waals surface area contributed by atoms with Crippen LogP contribution in [0.4, 0.5) is 5.69 Å². The summed E-state index contributed by atoms with van der Waals surface area (Å²) in [5.74, 6) is -1.57. The van der Waals surface area contributed by atoms with Crippen LogP contribution in [-0.2, 0) is 9.59 Å². The van der Waals surface area contributed by atoms with Crippen LogP contribution in [0.1, 0.15) is 23.7 Å². The number of hydrogen-bond donors (Lipinski definition) is 3. The highest BCUT2D eigenvalue weighted by molar-refractivity contribution is 7.81. The SMILES string of the molecule is CC(=O)N1C[C@@H](S)C[C@H]1C(=O)Nc1cccc(C(=O)O)c1. The maximum Gasteiger partial charge on any atom is 0.335 e. The zero-order valence-corrected chi connectivity index (χ0v) is 12.3. The number of carboxylic acids is 1. The molecule has 0 aliphatic carbocycles. The largest absolute Gasteiger partial charge is 0.478 e. The summed E-state index contributed by atoms with van der Waals surface area (Å²) in [5.41, 5.74) is 0.487. The zero-order valence-electron chi connectivity index (χ0n) is 11.4. The van der Waals surface area contributed by atoms with Gasteiger partial charge in [0.05, 0.1) is 5.56 Å². The first-order chi connectivity index (χ1) is 9.88. The molecule has 2 atom stereocenters. The van der Waals surface area contributed by atoms with Crippen molar-refractivity contribution in [1.29, 1.82) is 0 Å². The van der Waals surface area contributed by atoms with Gasteiger partial charge in [-0.1, -0.05) is 6.07 Å². The number of carbonyl (C=O) groups excluding carboxylic acids is 2. The van der Waals surface area contributed by atoms with Crippen molar-refractivity contribution >= 4 is 36.1 Å². The summed E-state index contributed by atoms with van der Waals surface area (Å²) in [6, 6.07) is 5.41. The Bertz CT molecular complexity index is 590. The molecule has 1 fully saturated rings. The fourth-order valence-corrected chi connectivity index (χ4v) is 2.74. The summed E-state index contributed by atoms with van der Waals surface area (Å²) in [4.78, 5) is 36.2. The number of nitrogens with one attached hydrogen (secondary N) is 1. The van der Waals surface area contributed by atoms with E-state index in [4.69, 9.17) is 5.11 Å². The molecule has 0 unspecified atom stereocenters. The van der Waals surface area contributed by atoms with Crippen molar-refractivity contribution in [3.8, 4) is 0 Å². The molecule has 2 amide bonds. The fourth-order valence-electron chi connectivity index (χ4n) is 2.37. The molecule has 6 nitrogen and oxygen atoms in total. The second kappa shape index (κ2) is 6.17. The number of rotatable bonds is 3. The average Bonchev–Trinajstić information content (AvgIpc) is 2.81. The van der Waals surface area contributed by atoms with Crippen LogP contribution in [0.25, 0.3) is 0 Å². The van der Waals surface area contributed by atoms with Gasteiger partial charge in [0, 0.05) is 24.4 Å². The van der Waals surface area contributed by atoms with E-state index in [0.29, 0.717) is 18.7 Å². The van der Waals surface area contributed by atoms with Gasteiger partial charge in [-0.3, -0.25) is 9.59 Å². The van der Waals surface area contributed by atoms with Crippen LogP contribution in [0.15, 0.2) is 24.3 Å². The van der Waals surface area contributed by atoms with Crippen LogP contribution in [0.3, 0.4) is 0 Å². The highest BCUT2D eigenvalue weighted by Crippen LogP contribution is 2.23. The van der Waals surface area contributed by atoms with Gasteiger partial charge >= 0.3 is 5.97 Å². The molecule has 7 heteroatoms. The molecule has 1 aromatic rings. The van der Waals surface area contributed by atoms with E-state index in [1.54, 1.807) is 12.1 Å². The van der Waals surface area contributed by atoms with Crippen molar-refractivity contribution in [2.45, 2.75) is 24.6 Å². The van der Waals surface area contributed by atoms with Gasteiger partial charge in [-0.25, -0.2) is 4.79 Å². The summed E-state index contributed by atoms with van der Waals surface area (Å²) in [5, 5.41) is 11.6. The molecule has 0 aromatic heterocycles. The maximum atomic E-state index is 12.3. The molecule has 2 rings (SSSR count). The normalized spacial score (nSPS) is 21.1. The van der Waals surface area contributed by atoms with E-state index >= 15 is 0 Å². The second-order valence-corrected chi connectivity index (χ2v) is 5.68. The van der Waals surface area contributed by atoms with Gasteiger partial charge in [0.25, 0.3) is 0 Å². The number of anilines is 1. The first kappa shape index (κ1) is 15.4. The van der Waals surface area contributed by atoms with E-state index in [-0.39, 0.29) is 22.6 Å². The monoisotopic (exact) mass is 308 g/mol. The van der Waals surface area contributed by atoms with E-state index in [9.17, 15) is 14.4 Å². The minimum absolute atomic E-state index is 0.0324. The molecule has 1 saturated heterocycles. The maximum absolute atomic E-state index is 12.3. The highest BCUT2D eigenvalue weighted by atomic mass is 32.1. The summed E-state index contributed by atoms with van der Waals surface area (Å²) in [6.45, 7) is 1.85. The second-order valence-electron chi connectivity index (χ2n) is 4.95. The molecule has 0 bridgehead atoms. The van der Waals surface area contributed by atoms with Crippen molar-refractivity contribution < 1.29 is 19.5 Å². The van der Waals surface area contributed by atoms with Crippen LogP contribution in [0.2, 0.25) is 0 Å². The Morgan fingerprint density at radius 1 is 1.38 bits per heavy atom. The molecule has 2 N–H and O–H groups in total. The molecule has 1 aliphatic rings. The van der Waals surface area contributed by atoms with Gasteiger partial charge in [-0.15, -0.1) is 0 Å². The zero-order chi connectivity index (χ0) is 15.6. The molecule has 0 radical (unpaired) electrons. The van der Waals surface area contributed by atoms with Crippen molar-refractivity contribution in [2.24, 2.45) is 0 Å². The number of hydrogen-bond acceptors (Lipinski definition) is 4. The van der Waals surface area contributed by atoms with Gasteiger partial charge < -0.3 is 15.3 Å². The first-order valence-corrected chi connectivity index (χ1v) is 6.99. The van der Waals surface area contributed by atoms with Crippen LogP contribution in [-0.4, -0.2) is 45.6 Å². The van der Waals surface area contributed by atoms with Gasteiger partial charge in [0.2, 0.25) is 11.8 Å². The van der Waals surface area contributed by atoms with Crippen LogP contribution >= 0.6 is 12.6 Å². The van der Waals surface area contributed by atoms with E-state index in [1.807, 2.05) is 0 Å². The van der Waals surface area contributed by atoms with Gasteiger partial charge in [0.15, 0.2) is 0 Å². The smallest absolute Gasteiger partial charge is 0.335 e. The standard InChI is InChI=1S/C14H16N2O4S/c1-8(17)16-7-11(21)6-12(16)13(18)15-10-4-2-3-9(5-10)14(19)20/h2-5,11-12,21H,6-7H2,1H3,(H,15,18)(H,19,20)/t11-,12-/m0/s1. The van der Waals surface area contributed by atoms with E-state index in [1.165, 1.54) is 24.0 Å². The summed E-state index contributed by atoms with van der Waals surface area (Å²) < 4.78 is 0. The lowest BCUT2D eigenvalue weighted by molar-refractivity contribution is -0.134. The first-order valence-electron chi connectivity index (χ1n) is 6.48. The number of carboxylic acid groups (broad SMARTS) is 1. The molecule has 112 valence electrons. The number of carbonyl (C=O) groups is 3. The van der Waals surface area contributed by atoms with Gasteiger partial charge in [0.1, 0.15) is 6.04 Å². The molecule has 21 heavy (non-hydrogen) atoms. The van der Waals surface area contributed by atoms with E-state index in [2.05, 4.69) is 17.9 Å².